The average molecular weight is 763 g/mol. The molecular weight excluding hydrogens is 709 g/mol. The lowest BCUT2D eigenvalue weighted by Crippen LogP contribution is -2.51. The van der Waals surface area contributed by atoms with E-state index in [1.54, 1.807) is 38.5 Å². The Balaban J connectivity index is 0.000000269. The molecule has 1 saturated heterocycles. The number of rotatable bonds is 9. The Hall–Kier alpha value is -3.53. The summed E-state index contributed by atoms with van der Waals surface area (Å²) < 4.78 is 76.2. The van der Waals surface area contributed by atoms with Crippen molar-refractivity contribution in [2.24, 2.45) is 23.5 Å². The van der Waals surface area contributed by atoms with Crippen molar-refractivity contribution in [1.82, 2.24) is 4.90 Å². The molecule has 3 aromatic carbocycles. The van der Waals surface area contributed by atoms with E-state index in [2.05, 4.69) is 30.9 Å². The molecule has 14 heteroatoms. The Labute approximate surface area is 309 Å². The fourth-order valence-electron chi connectivity index (χ4n) is 6.30. The molecule has 0 amide bonds. The molecule has 1 fully saturated rings. The van der Waals surface area contributed by atoms with Crippen molar-refractivity contribution in [1.29, 1.82) is 0 Å². The second kappa shape index (κ2) is 18.5. The number of methoxy groups -OCH3 is 2. The highest BCUT2D eigenvalue weighted by Gasteiger charge is 2.41. The first-order chi connectivity index (χ1) is 24.2. The maximum Gasteiger partial charge on any atom is 0.323 e. The van der Waals surface area contributed by atoms with E-state index in [1.807, 2.05) is 27.7 Å². The fraction of sp³-hybridized carbons (Fsp3) is 0.500. The van der Waals surface area contributed by atoms with Gasteiger partial charge in [0.25, 0.3) is 20.2 Å². The summed E-state index contributed by atoms with van der Waals surface area (Å²) in [5.74, 6) is 2.18. The highest BCUT2D eigenvalue weighted by Crippen LogP contribution is 2.44. The van der Waals surface area contributed by atoms with Crippen LogP contribution in [0, 0.1) is 31.6 Å². The van der Waals surface area contributed by atoms with Crippen LogP contribution in [0.2, 0.25) is 0 Å². The van der Waals surface area contributed by atoms with E-state index >= 15 is 0 Å². The third-order valence-electron chi connectivity index (χ3n) is 9.23. The number of esters is 1. The molecule has 4 unspecified atom stereocenters. The summed E-state index contributed by atoms with van der Waals surface area (Å²) in [6.45, 7) is 14.0. The average Bonchev–Trinajstić information content (AvgIpc) is 3.07. The van der Waals surface area contributed by atoms with Crippen LogP contribution in [0.15, 0.2) is 70.5 Å². The van der Waals surface area contributed by atoms with Crippen LogP contribution in [0.5, 0.6) is 11.5 Å². The third kappa shape index (κ3) is 12.0. The van der Waals surface area contributed by atoms with E-state index in [1.165, 1.54) is 35.4 Å². The highest BCUT2D eigenvalue weighted by molar-refractivity contribution is 7.86. The van der Waals surface area contributed by atoms with Crippen molar-refractivity contribution in [3.05, 3.63) is 82.9 Å². The molecule has 2 aliphatic rings. The van der Waals surface area contributed by atoms with Gasteiger partial charge in [0.2, 0.25) is 0 Å². The van der Waals surface area contributed by atoms with E-state index in [4.69, 9.17) is 29.0 Å². The highest BCUT2D eigenvalue weighted by atomic mass is 32.2. The zero-order chi connectivity index (χ0) is 39.0. The van der Waals surface area contributed by atoms with Gasteiger partial charge >= 0.3 is 5.97 Å². The number of carbonyl (C=O) groups is 1. The minimum atomic E-state index is -4.02. The third-order valence-corrected chi connectivity index (χ3v) is 11.0. The second-order valence-electron chi connectivity index (χ2n) is 14.1. The summed E-state index contributed by atoms with van der Waals surface area (Å²) in [6.07, 6.45) is 2.70. The summed E-state index contributed by atoms with van der Waals surface area (Å²) in [5.41, 5.74) is 10.6. The zero-order valence-electron chi connectivity index (χ0n) is 31.3. The predicted molar refractivity (Wildman–Crippen MR) is 200 cm³/mol. The standard InChI is InChI=1S/C24H38N2O4.2C7H8O3S/c1-14(2)9-17-13-26-8-7-16-10-21(28-5)22(29-6)11-18(16)19(26)12-20(17)30-24(27)23(25)15(3)4;2*1-6-2-4-7(5-3-6)11(8,9)10/h10-11,14-15,17,19-20,23H,7-9,12-13,25H2,1-6H3;2*2-5H,1H3,(H,8,9,10). The first kappa shape index (κ1) is 42.9. The van der Waals surface area contributed by atoms with Gasteiger partial charge < -0.3 is 19.9 Å². The van der Waals surface area contributed by atoms with Gasteiger partial charge in [-0.1, -0.05) is 63.1 Å². The van der Waals surface area contributed by atoms with E-state index in [0.29, 0.717) is 11.8 Å². The van der Waals surface area contributed by atoms with Gasteiger partial charge in [-0.3, -0.25) is 18.8 Å². The molecule has 0 radical (unpaired) electrons. The number of fused-ring (bicyclic) bond motifs is 3. The van der Waals surface area contributed by atoms with Gasteiger partial charge in [-0.15, -0.1) is 0 Å². The molecule has 0 aromatic heterocycles. The molecule has 288 valence electrons. The molecule has 0 bridgehead atoms. The van der Waals surface area contributed by atoms with E-state index < -0.39 is 26.3 Å². The van der Waals surface area contributed by atoms with Gasteiger partial charge in [0.15, 0.2) is 11.5 Å². The maximum atomic E-state index is 12.7. The summed E-state index contributed by atoms with van der Waals surface area (Å²) in [7, 11) is -4.70. The van der Waals surface area contributed by atoms with Gasteiger partial charge in [0.05, 0.1) is 24.0 Å². The molecule has 4 atom stereocenters. The monoisotopic (exact) mass is 762 g/mol. The Bertz CT molecular complexity index is 1770. The summed E-state index contributed by atoms with van der Waals surface area (Å²) in [4.78, 5) is 15.1. The van der Waals surface area contributed by atoms with E-state index in [9.17, 15) is 21.6 Å². The Kier molecular flexibility index (Phi) is 15.2. The van der Waals surface area contributed by atoms with Crippen LogP contribution < -0.4 is 15.2 Å². The number of ether oxygens (including phenoxy) is 3. The van der Waals surface area contributed by atoms with Crippen molar-refractivity contribution < 1.29 is 44.9 Å². The molecule has 52 heavy (non-hydrogen) atoms. The summed E-state index contributed by atoms with van der Waals surface area (Å²) in [6, 6.07) is 15.8. The van der Waals surface area contributed by atoms with Crippen LogP contribution >= 0.6 is 0 Å². The summed E-state index contributed by atoms with van der Waals surface area (Å²) >= 11 is 0. The van der Waals surface area contributed by atoms with E-state index in [0.717, 1.165) is 55.0 Å². The number of aryl methyl sites for hydroxylation is 2. The second-order valence-corrected chi connectivity index (χ2v) is 17.0. The molecular formula is C38H54N2O10S2. The maximum absolute atomic E-state index is 12.7. The lowest BCUT2D eigenvalue weighted by Gasteiger charge is -2.47. The van der Waals surface area contributed by atoms with Crippen molar-refractivity contribution in [2.75, 3.05) is 27.3 Å². The minimum absolute atomic E-state index is 0.0632. The molecule has 12 nitrogen and oxygen atoms in total. The van der Waals surface area contributed by atoms with Crippen molar-refractivity contribution >= 4 is 26.2 Å². The van der Waals surface area contributed by atoms with Gasteiger partial charge in [0.1, 0.15) is 12.1 Å². The number of benzene rings is 3. The smallest absolute Gasteiger partial charge is 0.323 e. The zero-order valence-corrected chi connectivity index (χ0v) is 32.9. The Morgan fingerprint density at radius 2 is 1.33 bits per heavy atom. The van der Waals surface area contributed by atoms with Crippen LogP contribution in [0.4, 0.5) is 0 Å². The van der Waals surface area contributed by atoms with Crippen molar-refractivity contribution in [3.8, 4) is 11.5 Å². The number of nitrogens with two attached hydrogens (primary N) is 1. The molecule has 0 aliphatic carbocycles. The van der Waals surface area contributed by atoms with Crippen LogP contribution in [-0.2, 0) is 36.2 Å². The fourth-order valence-corrected chi connectivity index (χ4v) is 7.26. The molecule has 2 heterocycles. The lowest BCUT2D eigenvalue weighted by atomic mass is 9.79. The van der Waals surface area contributed by atoms with Gasteiger partial charge in [0, 0.05) is 31.5 Å². The number of carbonyl (C=O) groups excluding carboxylic acids is 1. The van der Waals surface area contributed by atoms with Crippen LogP contribution in [0.1, 0.15) is 68.8 Å². The van der Waals surface area contributed by atoms with Gasteiger partial charge in [-0.2, -0.15) is 16.8 Å². The number of nitrogens with zero attached hydrogens (tertiary/aromatic N) is 1. The topological polar surface area (TPSA) is 183 Å². The molecule has 5 rings (SSSR count). The van der Waals surface area contributed by atoms with Crippen molar-refractivity contribution in [2.45, 2.75) is 88.8 Å². The minimum Gasteiger partial charge on any atom is -0.493 e. The number of hydrogen-bond acceptors (Lipinski definition) is 10. The Morgan fingerprint density at radius 3 is 1.75 bits per heavy atom. The molecule has 2 aliphatic heterocycles. The van der Waals surface area contributed by atoms with Gasteiger partial charge in [-0.25, -0.2) is 0 Å². The predicted octanol–water partition coefficient (Wildman–Crippen LogP) is 6.05. The first-order valence-corrected chi connectivity index (χ1v) is 20.2. The quantitative estimate of drug-likeness (QED) is 0.170. The van der Waals surface area contributed by atoms with Crippen LogP contribution in [-0.4, -0.2) is 76.3 Å². The SMILES string of the molecule is COc1cc2c(cc1OC)C1CC(OC(=O)C(N)C(C)C)C(CC(C)C)CN1CC2.Cc1ccc(S(=O)(=O)O)cc1.Cc1ccc(S(=O)(=O)O)cc1. The van der Waals surface area contributed by atoms with E-state index in [-0.39, 0.29) is 33.8 Å². The number of piperidine rings is 1. The Morgan fingerprint density at radius 1 is 0.846 bits per heavy atom. The molecule has 4 N–H and O–H groups in total. The largest absolute Gasteiger partial charge is 0.493 e. The lowest BCUT2D eigenvalue weighted by molar-refractivity contribution is -0.160. The molecule has 0 saturated carbocycles. The van der Waals surface area contributed by atoms with Crippen molar-refractivity contribution in [3.63, 3.8) is 0 Å². The summed E-state index contributed by atoms with van der Waals surface area (Å²) in [5, 5.41) is 0. The number of hydrogen-bond donors (Lipinski definition) is 3. The molecule has 3 aromatic rings. The molecule has 0 spiro atoms. The van der Waals surface area contributed by atoms with Gasteiger partial charge in [-0.05, 0) is 86.1 Å². The first-order valence-electron chi connectivity index (χ1n) is 17.3. The van der Waals surface area contributed by atoms with Crippen LogP contribution in [0.3, 0.4) is 0 Å². The normalized spacial score (nSPS) is 19.2. The van der Waals surface area contributed by atoms with Crippen LogP contribution in [0.25, 0.3) is 0 Å².